The van der Waals surface area contributed by atoms with Crippen LogP contribution in [0.4, 0.5) is 0 Å². The average Bonchev–Trinajstić information content (AvgIpc) is 2.48. The lowest BCUT2D eigenvalue weighted by Gasteiger charge is -2.14. The van der Waals surface area contributed by atoms with Crippen LogP contribution in [0.2, 0.25) is 0 Å². The van der Waals surface area contributed by atoms with Crippen molar-refractivity contribution in [2.45, 2.75) is 13.5 Å². The summed E-state index contributed by atoms with van der Waals surface area (Å²) in [6.07, 6.45) is 1.37. The van der Waals surface area contributed by atoms with Crippen LogP contribution in [0.1, 0.15) is 18.1 Å². The van der Waals surface area contributed by atoms with Gasteiger partial charge in [-0.2, -0.15) is 0 Å². The van der Waals surface area contributed by atoms with Gasteiger partial charge in [-0.05, 0) is 47.2 Å². The predicted octanol–water partition coefficient (Wildman–Crippen LogP) is 4.08. The number of hydrogen-bond donors (Lipinski definition) is 1. The van der Waals surface area contributed by atoms with Crippen LogP contribution in [0.15, 0.2) is 47.6 Å². The molecule has 4 nitrogen and oxygen atoms in total. The summed E-state index contributed by atoms with van der Waals surface area (Å²) in [5, 5.41) is 11.7. The Morgan fingerprint density at radius 2 is 1.95 bits per heavy atom. The van der Waals surface area contributed by atoms with Gasteiger partial charge >= 0.3 is 0 Å². The van der Waals surface area contributed by atoms with Crippen LogP contribution in [-0.2, 0) is 6.61 Å². The maximum atomic E-state index is 8.65. The van der Waals surface area contributed by atoms with E-state index in [1.54, 1.807) is 6.07 Å². The van der Waals surface area contributed by atoms with Crippen molar-refractivity contribution < 1.29 is 14.7 Å². The number of rotatable bonds is 6. The van der Waals surface area contributed by atoms with Crippen LogP contribution in [-0.4, -0.2) is 18.0 Å². The Bertz CT molecular complexity index is 614. The molecule has 5 heteroatoms. The number of hydrogen-bond acceptors (Lipinski definition) is 4. The molecule has 0 aromatic heterocycles. The Morgan fingerprint density at radius 1 is 1.19 bits per heavy atom. The van der Waals surface area contributed by atoms with Gasteiger partial charge in [-0.25, -0.2) is 0 Å². The summed E-state index contributed by atoms with van der Waals surface area (Å²) >= 11 is 2.19. The number of halogens is 1. The zero-order valence-electron chi connectivity index (χ0n) is 11.6. The molecule has 0 aliphatic rings. The van der Waals surface area contributed by atoms with Crippen LogP contribution in [0.3, 0.4) is 0 Å². The van der Waals surface area contributed by atoms with Crippen molar-refractivity contribution in [2.75, 3.05) is 6.61 Å². The largest absolute Gasteiger partial charge is 0.490 e. The third kappa shape index (κ3) is 4.35. The Balaban J connectivity index is 2.24. The van der Waals surface area contributed by atoms with Crippen LogP contribution in [0.25, 0.3) is 0 Å². The molecule has 0 heterocycles. The molecule has 2 aromatic carbocycles. The molecule has 0 atom stereocenters. The van der Waals surface area contributed by atoms with E-state index in [1.165, 1.54) is 6.21 Å². The van der Waals surface area contributed by atoms with Gasteiger partial charge in [-0.1, -0.05) is 35.5 Å². The molecule has 1 N–H and O–H groups in total. The first-order chi connectivity index (χ1) is 10.2. The maximum absolute atomic E-state index is 8.65. The van der Waals surface area contributed by atoms with Crippen LogP contribution in [0.5, 0.6) is 11.5 Å². The Kier molecular flexibility index (Phi) is 5.86. The number of ether oxygens (including phenoxy) is 2. The Hall–Kier alpha value is -1.76. The summed E-state index contributed by atoms with van der Waals surface area (Å²) in [7, 11) is 0. The van der Waals surface area contributed by atoms with E-state index in [4.69, 9.17) is 14.7 Å². The summed E-state index contributed by atoms with van der Waals surface area (Å²) in [4.78, 5) is 0. The van der Waals surface area contributed by atoms with Gasteiger partial charge in [-0.15, -0.1) is 0 Å². The highest BCUT2D eigenvalue weighted by Gasteiger charge is 2.12. The standard InChI is InChI=1S/C16H16INO3/c1-2-20-15-9-13(10-18-19)8-14(17)16(15)21-11-12-6-4-3-5-7-12/h3-10,19H,2,11H2,1H3/b18-10-. The van der Waals surface area contributed by atoms with Gasteiger partial charge in [-0.3, -0.25) is 0 Å². The predicted molar refractivity (Wildman–Crippen MR) is 90.5 cm³/mol. The summed E-state index contributed by atoms with van der Waals surface area (Å²) in [5.74, 6) is 1.35. The SMILES string of the molecule is CCOc1cc(/C=N\O)cc(I)c1OCc1ccccc1. The molecule has 0 saturated carbocycles. The van der Waals surface area contributed by atoms with E-state index in [9.17, 15) is 0 Å². The molecule has 110 valence electrons. The van der Waals surface area contributed by atoms with Crippen molar-refractivity contribution in [1.82, 2.24) is 0 Å². The van der Waals surface area contributed by atoms with Crippen molar-refractivity contribution in [2.24, 2.45) is 5.16 Å². The third-order valence-corrected chi connectivity index (χ3v) is 3.57. The quantitative estimate of drug-likeness (QED) is 0.346. The first-order valence-corrected chi connectivity index (χ1v) is 7.63. The highest BCUT2D eigenvalue weighted by Crippen LogP contribution is 2.34. The Morgan fingerprint density at radius 3 is 2.62 bits per heavy atom. The third-order valence-electron chi connectivity index (χ3n) is 2.76. The molecule has 21 heavy (non-hydrogen) atoms. The first-order valence-electron chi connectivity index (χ1n) is 6.55. The van der Waals surface area contributed by atoms with Crippen LogP contribution >= 0.6 is 22.6 Å². The van der Waals surface area contributed by atoms with Crippen molar-refractivity contribution in [1.29, 1.82) is 0 Å². The second kappa shape index (κ2) is 7.87. The fraction of sp³-hybridized carbons (Fsp3) is 0.188. The molecule has 0 unspecified atom stereocenters. The van der Waals surface area contributed by atoms with Gasteiger partial charge in [0.25, 0.3) is 0 Å². The van der Waals surface area contributed by atoms with Gasteiger partial charge in [0.05, 0.1) is 16.4 Å². The van der Waals surface area contributed by atoms with E-state index in [1.807, 2.05) is 43.3 Å². The summed E-state index contributed by atoms with van der Waals surface area (Å²) < 4.78 is 12.4. The van der Waals surface area contributed by atoms with Crippen molar-refractivity contribution in [3.63, 3.8) is 0 Å². The van der Waals surface area contributed by atoms with E-state index >= 15 is 0 Å². The molecule has 2 rings (SSSR count). The van der Waals surface area contributed by atoms with Gasteiger partial charge in [0.2, 0.25) is 0 Å². The lowest BCUT2D eigenvalue weighted by atomic mass is 10.2. The molecule has 0 saturated heterocycles. The minimum absolute atomic E-state index is 0.477. The molecule has 0 spiro atoms. The number of nitrogens with zero attached hydrogens (tertiary/aromatic N) is 1. The van der Waals surface area contributed by atoms with Gasteiger partial charge < -0.3 is 14.7 Å². The maximum Gasteiger partial charge on any atom is 0.175 e. The molecular weight excluding hydrogens is 381 g/mol. The fourth-order valence-electron chi connectivity index (χ4n) is 1.86. The lowest BCUT2D eigenvalue weighted by Crippen LogP contribution is -2.02. The van der Waals surface area contributed by atoms with Gasteiger partial charge in [0.15, 0.2) is 11.5 Å². The molecule has 0 bridgehead atoms. The monoisotopic (exact) mass is 397 g/mol. The smallest absolute Gasteiger partial charge is 0.175 e. The number of oxime groups is 1. The molecule has 0 amide bonds. The molecule has 0 aliphatic heterocycles. The minimum Gasteiger partial charge on any atom is -0.490 e. The molecule has 0 radical (unpaired) electrons. The highest BCUT2D eigenvalue weighted by atomic mass is 127. The van der Waals surface area contributed by atoms with Crippen molar-refractivity contribution in [3.05, 3.63) is 57.2 Å². The first kappa shape index (κ1) is 15.6. The second-order valence-electron chi connectivity index (χ2n) is 4.28. The van der Waals surface area contributed by atoms with Crippen molar-refractivity contribution in [3.8, 4) is 11.5 Å². The zero-order valence-corrected chi connectivity index (χ0v) is 13.8. The van der Waals surface area contributed by atoms with E-state index < -0.39 is 0 Å². The molecule has 0 fully saturated rings. The number of benzene rings is 2. The summed E-state index contributed by atoms with van der Waals surface area (Å²) in [6, 6.07) is 13.6. The van der Waals surface area contributed by atoms with Gasteiger partial charge in [0, 0.05) is 5.56 Å². The highest BCUT2D eigenvalue weighted by molar-refractivity contribution is 14.1. The molecular formula is C16H16INO3. The summed E-state index contributed by atoms with van der Waals surface area (Å²) in [5.41, 5.74) is 1.86. The van der Waals surface area contributed by atoms with Crippen molar-refractivity contribution >= 4 is 28.8 Å². The fourth-order valence-corrected chi connectivity index (χ4v) is 2.64. The molecule has 2 aromatic rings. The average molecular weight is 397 g/mol. The van der Waals surface area contributed by atoms with E-state index in [0.717, 1.165) is 14.7 Å². The topological polar surface area (TPSA) is 51.0 Å². The minimum atomic E-state index is 0.477. The molecule has 0 aliphatic carbocycles. The van der Waals surface area contributed by atoms with Crippen LogP contribution < -0.4 is 9.47 Å². The van der Waals surface area contributed by atoms with Crippen LogP contribution in [0, 0.1) is 3.57 Å². The lowest BCUT2D eigenvalue weighted by molar-refractivity contribution is 0.267. The Labute approximate surface area is 137 Å². The van der Waals surface area contributed by atoms with E-state index in [0.29, 0.717) is 24.7 Å². The van der Waals surface area contributed by atoms with E-state index in [-0.39, 0.29) is 0 Å². The zero-order chi connectivity index (χ0) is 15.1. The summed E-state index contributed by atoms with van der Waals surface area (Å²) in [6.45, 7) is 2.93. The second-order valence-corrected chi connectivity index (χ2v) is 5.44. The normalized spacial score (nSPS) is 10.8. The van der Waals surface area contributed by atoms with E-state index in [2.05, 4.69) is 27.7 Å². The van der Waals surface area contributed by atoms with Gasteiger partial charge in [0.1, 0.15) is 6.61 Å².